The van der Waals surface area contributed by atoms with Gasteiger partial charge in [0.1, 0.15) is 5.75 Å². The summed E-state index contributed by atoms with van der Waals surface area (Å²) in [6.07, 6.45) is 0.0623. The molecule has 1 unspecified atom stereocenters. The van der Waals surface area contributed by atoms with E-state index in [9.17, 15) is 18.0 Å². The van der Waals surface area contributed by atoms with E-state index in [-0.39, 0.29) is 23.8 Å². The van der Waals surface area contributed by atoms with Gasteiger partial charge in [0.25, 0.3) is 10.0 Å². The fraction of sp³-hybridized carbons (Fsp3) is 0.222. The first kappa shape index (κ1) is 18.7. The van der Waals surface area contributed by atoms with E-state index in [1.165, 1.54) is 36.3 Å². The van der Waals surface area contributed by atoms with Crippen molar-refractivity contribution >= 4 is 33.2 Å². The van der Waals surface area contributed by atoms with E-state index >= 15 is 0 Å². The molecule has 0 radical (unpaired) electrons. The number of hydrogen-bond donors (Lipinski definition) is 2. The molecule has 2 aromatic rings. The Hall–Kier alpha value is -3.07. The van der Waals surface area contributed by atoms with Gasteiger partial charge in [-0.05, 0) is 36.4 Å². The number of benzene rings is 2. The monoisotopic (exact) mass is 389 g/mol. The SMILES string of the molecule is COc1cccc(NS(=O)(=O)c2ccc(N3CC(C(N)=O)CC3=O)cc2)c1. The van der Waals surface area contributed by atoms with Crippen LogP contribution in [0, 0.1) is 5.92 Å². The molecule has 1 aliphatic rings. The molecule has 8 nitrogen and oxygen atoms in total. The maximum Gasteiger partial charge on any atom is 0.261 e. The number of sulfonamides is 1. The lowest BCUT2D eigenvalue weighted by molar-refractivity contribution is -0.123. The molecule has 1 saturated heterocycles. The van der Waals surface area contributed by atoms with Crippen molar-refractivity contribution in [3.8, 4) is 5.75 Å². The van der Waals surface area contributed by atoms with E-state index < -0.39 is 21.8 Å². The number of hydrogen-bond acceptors (Lipinski definition) is 5. The molecule has 0 bridgehead atoms. The molecular weight excluding hydrogens is 370 g/mol. The van der Waals surface area contributed by atoms with Crippen molar-refractivity contribution in [1.29, 1.82) is 0 Å². The summed E-state index contributed by atoms with van der Waals surface area (Å²) in [6, 6.07) is 12.4. The van der Waals surface area contributed by atoms with Gasteiger partial charge in [-0.1, -0.05) is 6.07 Å². The summed E-state index contributed by atoms with van der Waals surface area (Å²) in [7, 11) is -2.30. The van der Waals surface area contributed by atoms with Crippen LogP contribution < -0.4 is 20.1 Å². The molecule has 0 aliphatic carbocycles. The second-order valence-electron chi connectivity index (χ2n) is 6.14. The number of carbonyl (C=O) groups excluding carboxylic acids is 2. The lowest BCUT2D eigenvalue weighted by Gasteiger charge is -2.17. The van der Waals surface area contributed by atoms with E-state index in [1.807, 2.05) is 0 Å². The highest BCUT2D eigenvalue weighted by atomic mass is 32.2. The molecular formula is C18H19N3O5S. The van der Waals surface area contributed by atoms with E-state index in [0.29, 0.717) is 17.1 Å². The lowest BCUT2D eigenvalue weighted by Crippen LogP contribution is -2.28. The highest BCUT2D eigenvalue weighted by Crippen LogP contribution is 2.27. The molecule has 2 aromatic carbocycles. The number of nitrogens with two attached hydrogens (primary N) is 1. The minimum absolute atomic E-state index is 0.0483. The molecule has 1 atom stereocenters. The first-order chi connectivity index (χ1) is 12.8. The predicted molar refractivity (Wildman–Crippen MR) is 99.9 cm³/mol. The number of ether oxygens (including phenoxy) is 1. The number of carbonyl (C=O) groups is 2. The van der Waals surface area contributed by atoms with Gasteiger partial charge in [-0.2, -0.15) is 0 Å². The Bertz CT molecular complexity index is 973. The second kappa shape index (κ2) is 7.28. The third kappa shape index (κ3) is 4.03. The summed E-state index contributed by atoms with van der Waals surface area (Å²) in [4.78, 5) is 24.8. The van der Waals surface area contributed by atoms with Crippen LogP contribution in [-0.4, -0.2) is 33.9 Å². The summed E-state index contributed by atoms with van der Waals surface area (Å²) < 4.78 is 32.6. The number of nitrogens with zero attached hydrogens (tertiary/aromatic N) is 1. The Morgan fingerprint density at radius 1 is 1.22 bits per heavy atom. The minimum atomic E-state index is -3.80. The number of amides is 2. The van der Waals surface area contributed by atoms with Crippen LogP contribution in [0.1, 0.15) is 6.42 Å². The van der Waals surface area contributed by atoms with Crippen molar-refractivity contribution in [2.75, 3.05) is 23.3 Å². The number of methoxy groups -OCH3 is 1. The highest BCUT2D eigenvalue weighted by Gasteiger charge is 2.34. The third-order valence-electron chi connectivity index (χ3n) is 4.31. The second-order valence-corrected chi connectivity index (χ2v) is 7.82. The van der Waals surface area contributed by atoms with Gasteiger partial charge in [0.15, 0.2) is 0 Å². The fourth-order valence-electron chi connectivity index (χ4n) is 2.85. The average Bonchev–Trinajstić information content (AvgIpc) is 3.04. The van der Waals surface area contributed by atoms with Crippen molar-refractivity contribution in [1.82, 2.24) is 0 Å². The van der Waals surface area contributed by atoms with Gasteiger partial charge >= 0.3 is 0 Å². The molecule has 0 aromatic heterocycles. The van der Waals surface area contributed by atoms with Gasteiger partial charge in [0.2, 0.25) is 11.8 Å². The molecule has 1 fully saturated rings. The van der Waals surface area contributed by atoms with Gasteiger partial charge in [-0.15, -0.1) is 0 Å². The molecule has 9 heteroatoms. The molecule has 3 N–H and O–H groups in total. The Labute approximate surface area is 157 Å². The van der Waals surface area contributed by atoms with E-state index in [2.05, 4.69) is 4.72 Å². The van der Waals surface area contributed by atoms with E-state index in [0.717, 1.165) is 0 Å². The number of nitrogens with one attached hydrogen (secondary N) is 1. The topological polar surface area (TPSA) is 119 Å². The summed E-state index contributed by atoms with van der Waals surface area (Å²) in [5.41, 5.74) is 6.15. The maximum atomic E-state index is 12.5. The van der Waals surface area contributed by atoms with Gasteiger partial charge < -0.3 is 15.4 Å². The van der Waals surface area contributed by atoms with Gasteiger partial charge in [-0.25, -0.2) is 8.42 Å². The Balaban J connectivity index is 1.78. The van der Waals surface area contributed by atoms with Crippen LogP contribution in [0.2, 0.25) is 0 Å². The van der Waals surface area contributed by atoms with Crippen molar-refractivity contribution in [2.24, 2.45) is 11.7 Å². The Morgan fingerprint density at radius 3 is 2.52 bits per heavy atom. The zero-order valence-electron chi connectivity index (χ0n) is 14.6. The molecule has 1 aliphatic heterocycles. The van der Waals surface area contributed by atoms with Crippen LogP contribution in [-0.2, 0) is 19.6 Å². The van der Waals surface area contributed by atoms with Gasteiger partial charge in [-0.3, -0.25) is 14.3 Å². The van der Waals surface area contributed by atoms with Crippen LogP contribution in [0.4, 0.5) is 11.4 Å². The molecule has 27 heavy (non-hydrogen) atoms. The largest absolute Gasteiger partial charge is 0.497 e. The number of primary amides is 1. The first-order valence-electron chi connectivity index (χ1n) is 8.17. The summed E-state index contributed by atoms with van der Waals surface area (Å²) in [6.45, 7) is 0.197. The summed E-state index contributed by atoms with van der Waals surface area (Å²) in [5, 5.41) is 0. The third-order valence-corrected chi connectivity index (χ3v) is 5.71. The molecule has 0 spiro atoms. The summed E-state index contributed by atoms with van der Waals surface area (Å²) >= 11 is 0. The standard InChI is InChI=1S/C18H19N3O5S/c1-26-15-4-2-3-13(10-15)20-27(24,25)16-7-5-14(6-8-16)21-11-12(18(19)23)9-17(21)22/h2-8,10,12,20H,9,11H2,1H3,(H2,19,23). The van der Waals surface area contributed by atoms with Crippen LogP contribution in [0.5, 0.6) is 5.75 Å². The van der Waals surface area contributed by atoms with Crippen molar-refractivity contribution in [3.05, 3.63) is 48.5 Å². The normalized spacial score (nSPS) is 17.0. The number of anilines is 2. The highest BCUT2D eigenvalue weighted by molar-refractivity contribution is 7.92. The predicted octanol–water partition coefficient (Wildman–Crippen LogP) is 1.33. The Morgan fingerprint density at radius 2 is 1.93 bits per heavy atom. The summed E-state index contributed by atoms with van der Waals surface area (Å²) in [5.74, 6) is -0.741. The lowest BCUT2D eigenvalue weighted by atomic mass is 10.1. The van der Waals surface area contributed by atoms with Crippen molar-refractivity contribution in [2.45, 2.75) is 11.3 Å². The molecule has 2 amide bonds. The quantitative estimate of drug-likeness (QED) is 0.773. The average molecular weight is 389 g/mol. The van der Waals surface area contributed by atoms with Crippen LogP contribution in [0.15, 0.2) is 53.4 Å². The Kier molecular flexibility index (Phi) is 5.04. The van der Waals surface area contributed by atoms with E-state index in [1.54, 1.807) is 24.3 Å². The minimum Gasteiger partial charge on any atom is -0.497 e. The van der Waals surface area contributed by atoms with Crippen LogP contribution in [0.25, 0.3) is 0 Å². The van der Waals surface area contributed by atoms with Crippen LogP contribution in [0.3, 0.4) is 0 Å². The van der Waals surface area contributed by atoms with Crippen molar-refractivity contribution < 1.29 is 22.7 Å². The van der Waals surface area contributed by atoms with Gasteiger partial charge in [0.05, 0.1) is 23.6 Å². The van der Waals surface area contributed by atoms with Gasteiger partial charge in [0, 0.05) is 24.7 Å². The zero-order valence-corrected chi connectivity index (χ0v) is 15.4. The molecule has 142 valence electrons. The smallest absolute Gasteiger partial charge is 0.261 e. The zero-order chi connectivity index (χ0) is 19.6. The number of rotatable bonds is 6. The molecule has 0 saturated carbocycles. The fourth-order valence-corrected chi connectivity index (χ4v) is 3.90. The molecule has 1 heterocycles. The maximum absolute atomic E-state index is 12.5. The molecule has 3 rings (SSSR count). The first-order valence-corrected chi connectivity index (χ1v) is 9.65. The van der Waals surface area contributed by atoms with Crippen molar-refractivity contribution in [3.63, 3.8) is 0 Å². The van der Waals surface area contributed by atoms with E-state index in [4.69, 9.17) is 10.5 Å². The van der Waals surface area contributed by atoms with Crippen LogP contribution >= 0.6 is 0 Å².